The Hall–Kier alpha value is -3.15. The van der Waals surface area contributed by atoms with Gasteiger partial charge >= 0.3 is 0 Å². The summed E-state index contributed by atoms with van der Waals surface area (Å²) < 4.78 is 0. The van der Waals surface area contributed by atoms with Crippen LogP contribution < -0.4 is 4.90 Å². The van der Waals surface area contributed by atoms with Gasteiger partial charge in [0.25, 0.3) is 11.8 Å². The molecule has 1 atom stereocenters. The van der Waals surface area contributed by atoms with Crippen LogP contribution >= 0.6 is 0 Å². The van der Waals surface area contributed by atoms with Crippen LogP contribution in [-0.2, 0) is 11.3 Å². The lowest BCUT2D eigenvalue weighted by atomic mass is 9.94. The Morgan fingerprint density at radius 3 is 2.53 bits per heavy atom. The van der Waals surface area contributed by atoms with Crippen molar-refractivity contribution in [2.75, 3.05) is 24.5 Å². The van der Waals surface area contributed by atoms with Crippen LogP contribution in [0.3, 0.4) is 0 Å². The van der Waals surface area contributed by atoms with Crippen molar-refractivity contribution in [1.82, 2.24) is 9.80 Å². The number of hydrogen-bond donors (Lipinski definition) is 0. The maximum Gasteiger partial charge on any atom is 0.263 e. The number of rotatable bonds is 8. The van der Waals surface area contributed by atoms with Crippen molar-refractivity contribution in [2.45, 2.75) is 58.0 Å². The summed E-state index contributed by atoms with van der Waals surface area (Å²) in [6.07, 6.45) is 5.56. The van der Waals surface area contributed by atoms with Crippen molar-refractivity contribution < 1.29 is 14.4 Å². The van der Waals surface area contributed by atoms with E-state index < -0.39 is 0 Å². The number of carbonyl (C=O) groups is 3. The predicted octanol–water partition coefficient (Wildman–Crippen LogP) is 4.49. The third-order valence-corrected chi connectivity index (χ3v) is 7.26. The highest BCUT2D eigenvalue weighted by atomic mass is 16.2. The zero-order valence-corrected chi connectivity index (χ0v) is 19.9. The molecule has 2 aromatic rings. The average Bonchev–Trinajstić information content (AvgIpc) is 3.67. The van der Waals surface area contributed by atoms with Crippen molar-refractivity contribution in [3.8, 4) is 0 Å². The summed E-state index contributed by atoms with van der Waals surface area (Å²) in [5.41, 5.74) is 2.99. The number of fused-ring (bicyclic) bond motifs is 1. The normalized spacial score (nSPS) is 20.0. The summed E-state index contributed by atoms with van der Waals surface area (Å²) in [4.78, 5) is 45.4. The van der Waals surface area contributed by atoms with Gasteiger partial charge in [0.15, 0.2) is 0 Å². The Morgan fingerprint density at radius 1 is 1.00 bits per heavy atom. The number of amides is 3. The van der Waals surface area contributed by atoms with Crippen molar-refractivity contribution >= 4 is 23.4 Å². The summed E-state index contributed by atoms with van der Waals surface area (Å²) in [5.74, 6) is -0.253. The highest BCUT2D eigenvalue weighted by molar-refractivity contribution is 6.24. The van der Waals surface area contributed by atoms with Crippen molar-refractivity contribution in [2.24, 2.45) is 5.92 Å². The van der Waals surface area contributed by atoms with Crippen LogP contribution in [-0.4, -0.2) is 53.2 Å². The first-order valence-electron chi connectivity index (χ1n) is 12.7. The summed E-state index contributed by atoms with van der Waals surface area (Å²) >= 11 is 0. The van der Waals surface area contributed by atoms with E-state index in [0.29, 0.717) is 24.2 Å². The van der Waals surface area contributed by atoms with Crippen molar-refractivity contribution in [3.63, 3.8) is 0 Å². The van der Waals surface area contributed by atoms with Gasteiger partial charge in [-0.2, -0.15) is 0 Å². The van der Waals surface area contributed by atoms with Gasteiger partial charge in [0.2, 0.25) is 5.91 Å². The first kappa shape index (κ1) is 22.6. The molecule has 3 amide bonds. The van der Waals surface area contributed by atoms with E-state index in [1.165, 1.54) is 4.90 Å². The predicted molar refractivity (Wildman–Crippen MR) is 132 cm³/mol. The number of anilines is 1. The number of nitrogens with zero attached hydrogens (tertiary/aromatic N) is 3. The Bertz CT molecular complexity index is 1080. The van der Waals surface area contributed by atoms with Gasteiger partial charge in [0.05, 0.1) is 22.7 Å². The number of imide groups is 1. The van der Waals surface area contributed by atoms with Crippen LogP contribution in [0.2, 0.25) is 0 Å². The summed E-state index contributed by atoms with van der Waals surface area (Å²) in [5, 5.41) is 0. The second kappa shape index (κ2) is 9.61. The van der Waals surface area contributed by atoms with Crippen LogP contribution in [0, 0.1) is 5.92 Å². The molecule has 2 aliphatic heterocycles. The minimum atomic E-state index is -0.166. The number of piperidine rings is 1. The molecular formula is C28H33N3O3. The first-order valence-corrected chi connectivity index (χ1v) is 12.7. The minimum absolute atomic E-state index is 0.0565. The van der Waals surface area contributed by atoms with Gasteiger partial charge in [0, 0.05) is 32.2 Å². The Kier molecular flexibility index (Phi) is 6.40. The molecule has 1 aliphatic carbocycles. The molecule has 0 aromatic heterocycles. The molecule has 6 nitrogen and oxygen atoms in total. The fraction of sp³-hybridized carbons (Fsp3) is 0.464. The first-order chi connectivity index (χ1) is 16.6. The lowest BCUT2D eigenvalue weighted by molar-refractivity contribution is -0.136. The standard InChI is InChI=1S/C28H33N3O3/c1-2-3-16-30(18-20-9-5-4-6-10-20)26(32)21-11-8-17-29(19-21)24-13-7-12-23-25(24)28(34)31(27(23)33)22-14-15-22/h4-7,9-10,12-13,21-22H,2-3,8,11,14-19H2,1H3/t21-/m0/s1. The molecule has 6 heteroatoms. The van der Waals surface area contributed by atoms with E-state index in [0.717, 1.165) is 62.9 Å². The zero-order valence-electron chi connectivity index (χ0n) is 19.9. The summed E-state index contributed by atoms with van der Waals surface area (Å²) in [6, 6.07) is 15.8. The lowest BCUT2D eigenvalue weighted by Crippen LogP contribution is -2.45. The molecule has 34 heavy (non-hydrogen) atoms. The maximum atomic E-state index is 13.7. The monoisotopic (exact) mass is 459 g/mol. The van der Waals surface area contributed by atoms with Gasteiger partial charge in [-0.05, 0) is 49.8 Å². The fourth-order valence-corrected chi connectivity index (χ4v) is 5.29. The van der Waals surface area contributed by atoms with Crippen LogP contribution in [0.5, 0.6) is 0 Å². The molecule has 178 valence electrons. The van der Waals surface area contributed by atoms with Gasteiger partial charge in [-0.1, -0.05) is 49.7 Å². The Labute approximate surface area is 201 Å². The van der Waals surface area contributed by atoms with Crippen molar-refractivity contribution in [3.05, 3.63) is 65.2 Å². The zero-order chi connectivity index (χ0) is 23.7. The van der Waals surface area contributed by atoms with Gasteiger partial charge in [-0.3, -0.25) is 19.3 Å². The SMILES string of the molecule is CCCCN(Cc1ccccc1)C(=O)[C@H]1CCCN(c2cccc3c2C(=O)N(C2CC2)C3=O)C1. The number of hydrogen-bond acceptors (Lipinski definition) is 4. The highest BCUT2D eigenvalue weighted by Gasteiger charge is 2.46. The summed E-state index contributed by atoms with van der Waals surface area (Å²) in [6.45, 7) is 4.90. The van der Waals surface area contributed by atoms with E-state index in [9.17, 15) is 14.4 Å². The second-order valence-corrected chi connectivity index (χ2v) is 9.80. The van der Waals surface area contributed by atoms with E-state index in [1.54, 1.807) is 6.07 Å². The van der Waals surface area contributed by atoms with E-state index >= 15 is 0 Å². The molecule has 0 bridgehead atoms. The minimum Gasteiger partial charge on any atom is -0.370 e. The average molecular weight is 460 g/mol. The van der Waals surface area contributed by atoms with E-state index in [1.807, 2.05) is 35.2 Å². The lowest BCUT2D eigenvalue weighted by Gasteiger charge is -2.37. The maximum absolute atomic E-state index is 13.7. The highest BCUT2D eigenvalue weighted by Crippen LogP contribution is 2.39. The van der Waals surface area contributed by atoms with Gasteiger partial charge in [-0.15, -0.1) is 0 Å². The molecular weight excluding hydrogens is 426 g/mol. The Balaban J connectivity index is 1.35. The third-order valence-electron chi connectivity index (χ3n) is 7.26. The molecule has 5 rings (SSSR count). The van der Waals surface area contributed by atoms with Gasteiger partial charge < -0.3 is 9.80 Å². The molecule has 0 N–H and O–H groups in total. The second-order valence-electron chi connectivity index (χ2n) is 9.80. The molecule has 0 spiro atoms. The molecule has 1 saturated heterocycles. The smallest absolute Gasteiger partial charge is 0.263 e. The van der Waals surface area contributed by atoms with Crippen LogP contribution in [0.25, 0.3) is 0 Å². The molecule has 2 heterocycles. The molecule has 0 unspecified atom stereocenters. The quantitative estimate of drug-likeness (QED) is 0.546. The largest absolute Gasteiger partial charge is 0.370 e. The van der Waals surface area contributed by atoms with Crippen molar-refractivity contribution in [1.29, 1.82) is 0 Å². The third kappa shape index (κ3) is 4.33. The van der Waals surface area contributed by atoms with E-state index in [4.69, 9.17) is 0 Å². The van der Waals surface area contributed by atoms with Crippen LogP contribution in [0.15, 0.2) is 48.5 Å². The molecule has 1 saturated carbocycles. The number of carbonyl (C=O) groups excluding carboxylic acids is 3. The van der Waals surface area contributed by atoms with E-state index in [2.05, 4.69) is 24.0 Å². The topological polar surface area (TPSA) is 60.9 Å². The van der Waals surface area contributed by atoms with E-state index in [-0.39, 0.29) is 29.7 Å². The Morgan fingerprint density at radius 2 is 1.79 bits per heavy atom. The molecule has 3 aliphatic rings. The van der Waals surface area contributed by atoms with Gasteiger partial charge in [-0.25, -0.2) is 0 Å². The summed E-state index contributed by atoms with van der Waals surface area (Å²) in [7, 11) is 0. The van der Waals surface area contributed by atoms with Crippen LogP contribution in [0.1, 0.15) is 71.7 Å². The van der Waals surface area contributed by atoms with Gasteiger partial charge in [0.1, 0.15) is 0 Å². The molecule has 0 radical (unpaired) electrons. The molecule has 2 fully saturated rings. The molecule has 2 aromatic carbocycles. The fourth-order valence-electron chi connectivity index (χ4n) is 5.29. The van der Waals surface area contributed by atoms with Crippen LogP contribution in [0.4, 0.5) is 5.69 Å². The number of benzene rings is 2. The number of unbranched alkanes of at least 4 members (excludes halogenated alkanes) is 1.